The van der Waals surface area contributed by atoms with Crippen LogP contribution in [0.3, 0.4) is 0 Å². The van der Waals surface area contributed by atoms with Crippen LogP contribution in [-0.4, -0.2) is 28.4 Å². The van der Waals surface area contributed by atoms with E-state index in [-0.39, 0.29) is 5.56 Å². The zero-order chi connectivity index (χ0) is 27.9. The number of nitrogens with one attached hydrogen (secondary N) is 2. The Morgan fingerprint density at radius 3 is 2.50 bits per heavy atom. The van der Waals surface area contributed by atoms with E-state index in [1.807, 2.05) is 60.7 Å². The molecule has 0 spiro atoms. The molecule has 4 heterocycles. The summed E-state index contributed by atoms with van der Waals surface area (Å²) in [5.41, 5.74) is 4.76. The first kappa shape index (κ1) is 25.7. The molecule has 0 saturated heterocycles. The van der Waals surface area contributed by atoms with Gasteiger partial charge in [-0.3, -0.25) is 19.5 Å². The monoisotopic (exact) mass is 567 g/mol. The van der Waals surface area contributed by atoms with Gasteiger partial charge in [0.05, 0.1) is 33.9 Å². The van der Waals surface area contributed by atoms with Gasteiger partial charge in [-0.2, -0.15) is 0 Å². The van der Waals surface area contributed by atoms with Crippen molar-refractivity contribution < 1.29 is 8.42 Å². The van der Waals surface area contributed by atoms with Crippen LogP contribution in [-0.2, 0) is 15.8 Å². The number of rotatable bonds is 6. The van der Waals surface area contributed by atoms with Crippen molar-refractivity contribution in [3.05, 3.63) is 118 Å². The fraction of sp³-hybridized carbons (Fsp3) is 0.0667. The summed E-state index contributed by atoms with van der Waals surface area (Å²) in [6, 6.07) is 24.0. The molecule has 0 amide bonds. The second-order valence-electron chi connectivity index (χ2n) is 9.39. The van der Waals surface area contributed by atoms with Crippen LogP contribution in [0.15, 0.2) is 96.1 Å². The van der Waals surface area contributed by atoms with Crippen LogP contribution in [0.5, 0.6) is 0 Å². The van der Waals surface area contributed by atoms with Crippen LogP contribution >= 0.6 is 11.6 Å². The lowest BCUT2D eigenvalue weighted by molar-refractivity contribution is 0.600. The second kappa shape index (κ2) is 10.2. The molecule has 10 heteroatoms. The van der Waals surface area contributed by atoms with Crippen molar-refractivity contribution in [1.82, 2.24) is 19.9 Å². The minimum Gasteiger partial charge on any atom is -0.306 e. The molecular weight excluding hydrogens is 546 g/mol. The fourth-order valence-corrected chi connectivity index (χ4v) is 6.03. The van der Waals surface area contributed by atoms with Crippen molar-refractivity contribution in [2.45, 2.75) is 12.7 Å². The molecule has 0 aliphatic rings. The van der Waals surface area contributed by atoms with E-state index in [4.69, 9.17) is 16.6 Å². The molecule has 40 heavy (non-hydrogen) atoms. The molecule has 0 radical (unpaired) electrons. The van der Waals surface area contributed by atoms with Gasteiger partial charge in [-0.05, 0) is 55.0 Å². The van der Waals surface area contributed by atoms with Crippen LogP contribution in [0.2, 0.25) is 5.02 Å². The fourth-order valence-electron chi connectivity index (χ4n) is 4.58. The minimum atomic E-state index is -3.89. The Labute approximate surface area is 234 Å². The zero-order valence-electron chi connectivity index (χ0n) is 21.2. The summed E-state index contributed by atoms with van der Waals surface area (Å²) in [4.78, 5) is 29.1. The number of hydrogen-bond donors (Lipinski definition) is 2. The van der Waals surface area contributed by atoms with Gasteiger partial charge in [-0.25, -0.2) is 13.4 Å². The zero-order valence-corrected chi connectivity index (χ0v) is 22.8. The van der Waals surface area contributed by atoms with Crippen molar-refractivity contribution in [3.8, 4) is 22.4 Å². The SMILES string of the molecule is Cc1ccc(NS(=O)(=O)Cc2cc3cc(-c4cc(Cl)c5ncccc5c4)c(-c4ccccc4)nc3[nH]c2=O)cn1. The third-order valence-electron chi connectivity index (χ3n) is 6.45. The molecule has 0 aliphatic heterocycles. The number of hydrogen-bond acceptors (Lipinski definition) is 6. The predicted molar refractivity (Wildman–Crippen MR) is 159 cm³/mol. The number of pyridine rings is 4. The molecule has 0 saturated carbocycles. The molecule has 6 rings (SSSR count). The van der Waals surface area contributed by atoms with Crippen molar-refractivity contribution in [1.29, 1.82) is 0 Å². The highest BCUT2D eigenvalue weighted by Crippen LogP contribution is 2.36. The first-order chi connectivity index (χ1) is 19.3. The average molecular weight is 568 g/mol. The molecule has 8 nitrogen and oxygen atoms in total. The Hall–Kier alpha value is -4.60. The highest BCUT2D eigenvalue weighted by Gasteiger charge is 2.18. The van der Waals surface area contributed by atoms with Crippen LogP contribution < -0.4 is 10.3 Å². The van der Waals surface area contributed by atoms with Gasteiger partial charge in [0.2, 0.25) is 10.0 Å². The average Bonchev–Trinajstić information content (AvgIpc) is 2.94. The molecule has 0 atom stereocenters. The molecule has 4 aromatic heterocycles. The van der Waals surface area contributed by atoms with E-state index in [1.165, 1.54) is 6.20 Å². The summed E-state index contributed by atoms with van der Waals surface area (Å²) in [6.45, 7) is 1.81. The van der Waals surface area contributed by atoms with Gasteiger partial charge in [0, 0.05) is 39.4 Å². The molecule has 2 N–H and O–H groups in total. The Balaban J connectivity index is 1.48. The van der Waals surface area contributed by atoms with Gasteiger partial charge in [0.15, 0.2) is 0 Å². The smallest absolute Gasteiger partial charge is 0.253 e. The number of nitrogens with zero attached hydrogens (tertiary/aromatic N) is 3. The van der Waals surface area contributed by atoms with Crippen molar-refractivity contribution in [2.75, 3.05) is 4.72 Å². The van der Waals surface area contributed by atoms with E-state index in [9.17, 15) is 13.2 Å². The van der Waals surface area contributed by atoms with E-state index in [1.54, 1.807) is 31.3 Å². The first-order valence-electron chi connectivity index (χ1n) is 12.4. The number of benzene rings is 2. The number of H-pyrrole nitrogens is 1. The quantitative estimate of drug-likeness (QED) is 0.251. The van der Waals surface area contributed by atoms with Crippen molar-refractivity contribution in [2.24, 2.45) is 0 Å². The number of anilines is 1. The summed E-state index contributed by atoms with van der Waals surface area (Å²) in [5.74, 6) is -0.518. The molecule has 6 aromatic rings. The first-order valence-corrected chi connectivity index (χ1v) is 14.4. The highest BCUT2D eigenvalue weighted by molar-refractivity contribution is 7.91. The van der Waals surface area contributed by atoms with Crippen LogP contribution in [0.25, 0.3) is 44.3 Å². The third-order valence-corrected chi connectivity index (χ3v) is 7.98. The Morgan fingerprint density at radius 1 is 0.900 bits per heavy atom. The van der Waals surface area contributed by atoms with E-state index < -0.39 is 21.3 Å². The molecule has 0 unspecified atom stereocenters. The minimum absolute atomic E-state index is 0.0843. The Bertz CT molecular complexity index is 2060. The lowest BCUT2D eigenvalue weighted by Gasteiger charge is -2.14. The lowest BCUT2D eigenvalue weighted by atomic mass is 9.96. The maximum Gasteiger partial charge on any atom is 0.253 e. The number of aryl methyl sites for hydroxylation is 1. The maximum atomic E-state index is 13.0. The van der Waals surface area contributed by atoms with Gasteiger partial charge < -0.3 is 4.98 Å². The molecule has 0 bridgehead atoms. The number of aromatic amines is 1. The number of fused-ring (bicyclic) bond motifs is 2. The molecular formula is C30H22ClN5O3S. The normalized spacial score (nSPS) is 11.7. The molecule has 0 aliphatic carbocycles. The highest BCUT2D eigenvalue weighted by atomic mass is 35.5. The van der Waals surface area contributed by atoms with E-state index in [0.29, 0.717) is 33.0 Å². The predicted octanol–water partition coefficient (Wildman–Crippen LogP) is 6.10. The molecule has 198 valence electrons. The van der Waals surface area contributed by atoms with Crippen LogP contribution in [0.4, 0.5) is 5.69 Å². The number of halogens is 1. The topological polar surface area (TPSA) is 118 Å². The summed E-state index contributed by atoms with van der Waals surface area (Å²) >= 11 is 6.61. The number of aromatic nitrogens is 4. The van der Waals surface area contributed by atoms with Crippen LogP contribution in [0, 0.1) is 6.92 Å². The van der Waals surface area contributed by atoms with Gasteiger partial charge in [0.25, 0.3) is 5.56 Å². The van der Waals surface area contributed by atoms with Gasteiger partial charge >= 0.3 is 0 Å². The summed E-state index contributed by atoms with van der Waals surface area (Å²) in [6.07, 6.45) is 3.13. The number of sulfonamides is 1. The maximum absolute atomic E-state index is 13.0. The van der Waals surface area contributed by atoms with E-state index in [2.05, 4.69) is 19.7 Å². The lowest BCUT2D eigenvalue weighted by Crippen LogP contribution is -2.21. The standard InChI is InChI=1S/C30H22ClN5O3S/c1-18-9-10-24(16-33-18)36-40(38,39)17-23-13-22-14-25(21-12-20-8-5-11-32-28(20)26(31)15-21)27(19-6-3-2-4-7-19)34-29(22)35-30(23)37/h2-16,36H,17H2,1H3,(H,34,35,37). The van der Waals surface area contributed by atoms with E-state index >= 15 is 0 Å². The molecule has 0 fully saturated rings. The summed E-state index contributed by atoms with van der Waals surface area (Å²) in [5, 5.41) is 1.95. The third kappa shape index (κ3) is 5.16. The van der Waals surface area contributed by atoms with Gasteiger partial charge in [0.1, 0.15) is 5.65 Å². The molecule has 2 aromatic carbocycles. The second-order valence-corrected chi connectivity index (χ2v) is 11.5. The Kier molecular flexibility index (Phi) is 6.53. The largest absolute Gasteiger partial charge is 0.306 e. The van der Waals surface area contributed by atoms with Gasteiger partial charge in [-0.1, -0.05) is 48.0 Å². The van der Waals surface area contributed by atoms with E-state index in [0.717, 1.165) is 27.8 Å². The summed E-state index contributed by atoms with van der Waals surface area (Å²) < 4.78 is 28.3. The van der Waals surface area contributed by atoms with Crippen molar-refractivity contribution in [3.63, 3.8) is 0 Å². The summed E-state index contributed by atoms with van der Waals surface area (Å²) in [7, 11) is -3.89. The Morgan fingerprint density at radius 2 is 1.73 bits per heavy atom. The van der Waals surface area contributed by atoms with Crippen molar-refractivity contribution >= 4 is 49.2 Å². The van der Waals surface area contributed by atoms with Crippen LogP contribution in [0.1, 0.15) is 11.3 Å². The van der Waals surface area contributed by atoms with Gasteiger partial charge in [-0.15, -0.1) is 0 Å².